The van der Waals surface area contributed by atoms with E-state index in [1.54, 1.807) is 6.07 Å². The molecule has 1 saturated heterocycles. The molecule has 1 fully saturated rings. The summed E-state index contributed by atoms with van der Waals surface area (Å²) in [5, 5.41) is 12.8. The number of piperidine rings is 1. The number of hydrogen-bond acceptors (Lipinski definition) is 4. The van der Waals surface area contributed by atoms with Gasteiger partial charge in [-0.15, -0.1) is 0 Å². The van der Waals surface area contributed by atoms with Crippen molar-refractivity contribution in [2.75, 3.05) is 18.4 Å². The minimum atomic E-state index is -5.08. The van der Waals surface area contributed by atoms with Gasteiger partial charge in [-0.2, -0.15) is 13.2 Å². The molecule has 0 bridgehead atoms. The van der Waals surface area contributed by atoms with Crippen molar-refractivity contribution in [3.8, 4) is 0 Å². The number of benzene rings is 1. The minimum absolute atomic E-state index is 0.0402. The lowest BCUT2D eigenvalue weighted by Gasteiger charge is -2.41. The van der Waals surface area contributed by atoms with Crippen LogP contribution >= 0.6 is 11.6 Å². The van der Waals surface area contributed by atoms with Crippen LogP contribution in [0.4, 0.5) is 28.0 Å². The SMILES string of the molecule is O=C(O)C(F)(F)F.O=C1Nc2ccc(Cl)c(F)c2[C@@]2(CCCNC2)O1. The molecule has 0 radical (unpaired) electrons. The summed E-state index contributed by atoms with van der Waals surface area (Å²) >= 11 is 5.82. The summed E-state index contributed by atoms with van der Waals surface area (Å²) in [5.74, 6) is -3.27. The van der Waals surface area contributed by atoms with Crippen molar-refractivity contribution in [3.05, 3.63) is 28.5 Å². The first-order valence-electron chi connectivity index (χ1n) is 7.06. The first-order valence-corrected chi connectivity index (χ1v) is 7.44. The van der Waals surface area contributed by atoms with E-state index in [4.69, 9.17) is 26.2 Å². The summed E-state index contributed by atoms with van der Waals surface area (Å²) in [7, 11) is 0. The van der Waals surface area contributed by atoms with Crippen molar-refractivity contribution in [2.24, 2.45) is 0 Å². The highest BCUT2D eigenvalue weighted by Gasteiger charge is 2.45. The van der Waals surface area contributed by atoms with Crippen LogP contribution in [0.5, 0.6) is 0 Å². The van der Waals surface area contributed by atoms with Crippen molar-refractivity contribution >= 4 is 29.4 Å². The van der Waals surface area contributed by atoms with E-state index < -0.39 is 29.7 Å². The molecular formula is C14H13ClF4N2O4. The van der Waals surface area contributed by atoms with Gasteiger partial charge in [-0.3, -0.25) is 5.32 Å². The lowest BCUT2D eigenvalue weighted by atomic mass is 9.84. The first-order chi connectivity index (χ1) is 11.6. The smallest absolute Gasteiger partial charge is 0.475 e. The van der Waals surface area contributed by atoms with Crippen LogP contribution in [0.3, 0.4) is 0 Å². The van der Waals surface area contributed by atoms with Crippen molar-refractivity contribution < 1.29 is 37.0 Å². The van der Waals surface area contributed by atoms with Crippen LogP contribution < -0.4 is 10.6 Å². The summed E-state index contributed by atoms with van der Waals surface area (Å²) in [6, 6.07) is 3.04. The Balaban J connectivity index is 0.000000277. The zero-order valence-electron chi connectivity index (χ0n) is 12.5. The third-order valence-electron chi connectivity index (χ3n) is 3.66. The lowest BCUT2D eigenvalue weighted by Crippen LogP contribution is -2.50. The van der Waals surface area contributed by atoms with Crippen molar-refractivity contribution in [1.29, 1.82) is 0 Å². The Morgan fingerprint density at radius 2 is 2.00 bits per heavy atom. The maximum atomic E-state index is 14.2. The second-order valence-electron chi connectivity index (χ2n) is 5.38. The molecule has 2 aliphatic rings. The van der Waals surface area contributed by atoms with Gasteiger partial charge < -0.3 is 15.2 Å². The van der Waals surface area contributed by atoms with Crippen LogP contribution in [0.2, 0.25) is 5.02 Å². The van der Waals surface area contributed by atoms with Crippen molar-refractivity contribution in [2.45, 2.75) is 24.6 Å². The number of carboxylic acid groups (broad SMARTS) is 1. The maximum absolute atomic E-state index is 14.2. The van der Waals surface area contributed by atoms with E-state index in [-0.39, 0.29) is 5.02 Å². The van der Waals surface area contributed by atoms with Crippen LogP contribution in [0.1, 0.15) is 18.4 Å². The number of nitrogens with one attached hydrogen (secondary N) is 2. The van der Waals surface area contributed by atoms with Crippen LogP contribution in [0, 0.1) is 5.82 Å². The normalized spacial score (nSPS) is 22.2. The minimum Gasteiger partial charge on any atom is -0.475 e. The number of ether oxygens (including phenoxy) is 1. The zero-order chi connectivity index (χ0) is 18.8. The van der Waals surface area contributed by atoms with Gasteiger partial charge in [0.2, 0.25) is 0 Å². The molecular weight excluding hydrogens is 372 g/mol. The first kappa shape index (κ1) is 19.3. The molecule has 0 aliphatic carbocycles. The highest BCUT2D eigenvalue weighted by molar-refractivity contribution is 6.31. The number of hydrogen-bond donors (Lipinski definition) is 3. The molecule has 25 heavy (non-hydrogen) atoms. The highest BCUT2D eigenvalue weighted by Crippen LogP contribution is 2.43. The number of halogens is 5. The van der Waals surface area contributed by atoms with Gasteiger partial charge in [-0.1, -0.05) is 11.6 Å². The van der Waals surface area contributed by atoms with E-state index >= 15 is 0 Å². The average Bonchev–Trinajstić information content (AvgIpc) is 2.51. The number of fused-ring (bicyclic) bond motifs is 2. The Morgan fingerprint density at radius 3 is 2.52 bits per heavy atom. The van der Waals surface area contributed by atoms with E-state index in [0.717, 1.165) is 13.0 Å². The van der Waals surface area contributed by atoms with Gasteiger partial charge >= 0.3 is 18.2 Å². The summed E-state index contributed by atoms with van der Waals surface area (Å²) in [6.45, 7) is 1.24. The Morgan fingerprint density at radius 1 is 1.36 bits per heavy atom. The van der Waals surface area contributed by atoms with Gasteiger partial charge in [-0.25, -0.2) is 14.0 Å². The Labute approximate surface area is 144 Å². The van der Waals surface area contributed by atoms with Crippen LogP contribution in [0.25, 0.3) is 0 Å². The molecule has 1 amide bonds. The molecule has 0 aromatic heterocycles. The number of carbonyl (C=O) groups is 2. The molecule has 6 nitrogen and oxygen atoms in total. The lowest BCUT2D eigenvalue weighted by molar-refractivity contribution is -0.192. The van der Waals surface area contributed by atoms with Crippen molar-refractivity contribution in [3.63, 3.8) is 0 Å². The molecule has 0 saturated carbocycles. The number of carbonyl (C=O) groups excluding carboxylic acids is 1. The molecule has 138 valence electrons. The Kier molecular flexibility index (Phi) is 5.43. The zero-order valence-corrected chi connectivity index (χ0v) is 13.3. The molecule has 3 N–H and O–H groups in total. The third kappa shape index (κ3) is 4.13. The largest absolute Gasteiger partial charge is 0.490 e. The van der Waals surface area contributed by atoms with Gasteiger partial charge in [0.05, 0.1) is 16.3 Å². The van der Waals surface area contributed by atoms with Crippen LogP contribution in [-0.2, 0) is 15.1 Å². The van der Waals surface area contributed by atoms with Crippen molar-refractivity contribution in [1.82, 2.24) is 5.32 Å². The number of rotatable bonds is 0. The second kappa shape index (κ2) is 7.04. The molecule has 1 atom stereocenters. The summed E-state index contributed by atoms with van der Waals surface area (Å²) < 4.78 is 51.4. The standard InChI is InChI=1S/C12H12ClFN2O2.C2HF3O2/c13-7-2-3-8-9(10(7)14)12(18-11(17)16-8)4-1-5-15-6-12;3-2(4,5)1(6)7/h2-3,15H,1,4-6H2,(H,16,17);(H,6,7)/t12-;/m0./s1. The number of carboxylic acids is 1. The van der Waals surface area contributed by atoms with Gasteiger partial charge in [0, 0.05) is 6.54 Å². The fourth-order valence-corrected chi connectivity index (χ4v) is 2.80. The Hall–Kier alpha value is -2.07. The van der Waals surface area contributed by atoms with E-state index in [1.165, 1.54) is 6.07 Å². The van der Waals surface area contributed by atoms with Crippen LogP contribution in [0.15, 0.2) is 12.1 Å². The number of anilines is 1. The van der Waals surface area contributed by atoms with Gasteiger partial charge in [0.25, 0.3) is 0 Å². The number of alkyl halides is 3. The average molecular weight is 385 g/mol. The number of amides is 1. The molecule has 1 aromatic rings. The molecule has 2 heterocycles. The number of aliphatic carboxylic acids is 1. The molecule has 11 heteroatoms. The molecule has 2 aliphatic heterocycles. The maximum Gasteiger partial charge on any atom is 0.490 e. The van der Waals surface area contributed by atoms with Gasteiger partial charge in [-0.05, 0) is 31.5 Å². The van der Waals surface area contributed by atoms with E-state index in [2.05, 4.69) is 10.6 Å². The quantitative estimate of drug-likeness (QED) is 0.598. The van der Waals surface area contributed by atoms with E-state index in [9.17, 15) is 22.4 Å². The molecule has 1 aromatic carbocycles. The fraction of sp³-hybridized carbons (Fsp3) is 0.429. The Bertz CT molecular complexity index is 690. The summed E-state index contributed by atoms with van der Waals surface area (Å²) in [5.41, 5.74) is -0.149. The topological polar surface area (TPSA) is 87.7 Å². The molecule has 3 rings (SSSR count). The van der Waals surface area contributed by atoms with Gasteiger partial charge in [0.1, 0.15) is 0 Å². The highest BCUT2D eigenvalue weighted by atomic mass is 35.5. The van der Waals surface area contributed by atoms with E-state index in [1.807, 2.05) is 0 Å². The molecule has 1 spiro atoms. The predicted molar refractivity (Wildman–Crippen MR) is 79.0 cm³/mol. The second-order valence-corrected chi connectivity index (χ2v) is 5.78. The third-order valence-corrected chi connectivity index (χ3v) is 3.95. The van der Waals surface area contributed by atoms with Crippen LogP contribution in [-0.4, -0.2) is 36.4 Å². The van der Waals surface area contributed by atoms with Gasteiger partial charge in [0.15, 0.2) is 11.4 Å². The monoisotopic (exact) mass is 384 g/mol. The predicted octanol–water partition coefficient (Wildman–Crippen LogP) is 3.25. The summed E-state index contributed by atoms with van der Waals surface area (Å²) in [6.07, 6.45) is -4.22. The van der Waals surface area contributed by atoms with E-state index in [0.29, 0.717) is 24.2 Å². The fourth-order valence-electron chi connectivity index (χ4n) is 2.64. The molecule has 0 unspecified atom stereocenters. The summed E-state index contributed by atoms with van der Waals surface area (Å²) in [4.78, 5) is 20.5.